The van der Waals surface area contributed by atoms with Gasteiger partial charge in [-0.25, -0.2) is 0 Å². The van der Waals surface area contributed by atoms with Gasteiger partial charge in [-0.15, -0.1) is 0 Å². The fraction of sp³-hybridized carbons (Fsp3) is 0.238. The predicted molar refractivity (Wildman–Crippen MR) is 107 cm³/mol. The van der Waals surface area contributed by atoms with Crippen molar-refractivity contribution in [3.8, 4) is 5.75 Å². The largest absolute Gasteiger partial charge is 0.497 e. The molecule has 144 valence electrons. The Kier molecular flexibility index (Phi) is 5.07. The molecule has 1 saturated heterocycles. The van der Waals surface area contributed by atoms with Crippen molar-refractivity contribution >= 4 is 28.4 Å². The van der Waals surface area contributed by atoms with Gasteiger partial charge in [0.05, 0.1) is 25.8 Å². The number of morpholine rings is 1. The number of amides is 1. The molecule has 1 aromatic heterocycles. The molecule has 1 amide bonds. The van der Waals surface area contributed by atoms with Crippen LogP contribution in [-0.2, 0) is 4.74 Å². The average Bonchev–Trinajstić information content (AvgIpc) is 2.73. The standard InChI is InChI=1S/C21H19ClN2O4/c1-27-13-6-7-15-18(10-13)23-11-16(20(15)25)21(26)24-8-9-28-19(12-24)14-4-2-3-5-17(14)22/h2-7,10-11,19H,8-9,12H2,1H3,(H,23,25). The van der Waals surface area contributed by atoms with Gasteiger partial charge in [-0.3, -0.25) is 9.59 Å². The summed E-state index contributed by atoms with van der Waals surface area (Å²) in [6.45, 7) is 1.13. The molecule has 0 bridgehead atoms. The molecule has 1 unspecified atom stereocenters. The highest BCUT2D eigenvalue weighted by atomic mass is 35.5. The molecule has 1 atom stereocenters. The lowest BCUT2D eigenvalue weighted by atomic mass is 10.1. The first kappa shape index (κ1) is 18.5. The lowest BCUT2D eigenvalue weighted by Gasteiger charge is -2.33. The van der Waals surface area contributed by atoms with Gasteiger partial charge in [0.25, 0.3) is 5.91 Å². The van der Waals surface area contributed by atoms with E-state index < -0.39 is 0 Å². The number of halogens is 1. The second kappa shape index (κ2) is 7.66. The molecule has 2 heterocycles. The highest BCUT2D eigenvalue weighted by Gasteiger charge is 2.28. The second-order valence-corrected chi connectivity index (χ2v) is 6.98. The summed E-state index contributed by atoms with van der Waals surface area (Å²) in [5.74, 6) is 0.317. The summed E-state index contributed by atoms with van der Waals surface area (Å²) >= 11 is 6.27. The van der Waals surface area contributed by atoms with E-state index >= 15 is 0 Å². The topological polar surface area (TPSA) is 71.6 Å². The lowest BCUT2D eigenvalue weighted by molar-refractivity contribution is -0.0228. The lowest BCUT2D eigenvalue weighted by Crippen LogP contribution is -2.43. The summed E-state index contributed by atoms with van der Waals surface area (Å²) in [5.41, 5.74) is 1.26. The molecule has 7 heteroatoms. The van der Waals surface area contributed by atoms with Crippen LogP contribution in [0.3, 0.4) is 0 Å². The van der Waals surface area contributed by atoms with Crippen LogP contribution in [0.25, 0.3) is 10.9 Å². The molecular weight excluding hydrogens is 380 g/mol. The van der Waals surface area contributed by atoms with Crippen molar-refractivity contribution in [1.29, 1.82) is 0 Å². The van der Waals surface area contributed by atoms with Crippen molar-refractivity contribution in [2.75, 3.05) is 26.8 Å². The number of rotatable bonds is 3. The molecule has 28 heavy (non-hydrogen) atoms. The molecule has 1 fully saturated rings. The number of nitrogens with zero attached hydrogens (tertiary/aromatic N) is 1. The van der Waals surface area contributed by atoms with Crippen LogP contribution in [-0.4, -0.2) is 42.6 Å². The van der Waals surface area contributed by atoms with E-state index in [9.17, 15) is 9.59 Å². The first-order valence-electron chi connectivity index (χ1n) is 8.93. The monoisotopic (exact) mass is 398 g/mol. The summed E-state index contributed by atoms with van der Waals surface area (Å²) in [6.07, 6.45) is 1.14. The van der Waals surface area contributed by atoms with E-state index in [0.717, 1.165) is 5.56 Å². The Morgan fingerprint density at radius 2 is 2.11 bits per heavy atom. The number of aromatic amines is 1. The Hall–Kier alpha value is -2.83. The van der Waals surface area contributed by atoms with Gasteiger partial charge in [-0.05, 0) is 18.2 Å². The van der Waals surface area contributed by atoms with Crippen LogP contribution in [0.4, 0.5) is 0 Å². The number of carbonyl (C=O) groups is 1. The molecule has 1 aliphatic heterocycles. The Balaban J connectivity index is 1.63. The number of aromatic nitrogens is 1. The van der Waals surface area contributed by atoms with Crippen LogP contribution in [0.5, 0.6) is 5.75 Å². The van der Waals surface area contributed by atoms with Crippen molar-refractivity contribution in [3.63, 3.8) is 0 Å². The molecule has 3 aromatic rings. The van der Waals surface area contributed by atoms with Gasteiger partial charge in [0.15, 0.2) is 0 Å². The molecule has 0 saturated carbocycles. The summed E-state index contributed by atoms with van der Waals surface area (Å²) in [5, 5.41) is 1.04. The van der Waals surface area contributed by atoms with Gasteiger partial charge < -0.3 is 19.4 Å². The second-order valence-electron chi connectivity index (χ2n) is 6.58. The van der Waals surface area contributed by atoms with E-state index in [0.29, 0.717) is 41.4 Å². The smallest absolute Gasteiger partial charge is 0.259 e. The van der Waals surface area contributed by atoms with Crippen molar-refractivity contribution < 1.29 is 14.3 Å². The van der Waals surface area contributed by atoms with E-state index in [-0.39, 0.29) is 23.0 Å². The number of hydrogen-bond acceptors (Lipinski definition) is 4. The quantitative estimate of drug-likeness (QED) is 0.734. The third kappa shape index (κ3) is 3.37. The molecule has 0 spiro atoms. The maximum atomic E-state index is 13.0. The van der Waals surface area contributed by atoms with Gasteiger partial charge in [-0.2, -0.15) is 0 Å². The van der Waals surface area contributed by atoms with Gasteiger partial charge in [0.1, 0.15) is 17.4 Å². The predicted octanol–water partition coefficient (Wildman–Crippen LogP) is 3.40. The highest BCUT2D eigenvalue weighted by molar-refractivity contribution is 6.31. The van der Waals surface area contributed by atoms with E-state index in [1.165, 1.54) is 6.20 Å². The summed E-state index contributed by atoms with van der Waals surface area (Å²) in [7, 11) is 1.56. The molecule has 4 rings (SSSR count). The van der Waals surface area contributed by atoms with Crippen LogP contribution < -0.4 is 10.2 Å². The molecular formula is C21H19ClN2O4. The molecule has 1 N–H and O–H groups in total. The zero-order chi connectivity index (χ0) is 19.7. The van der Waals surface area contributed by atoms with E-state index in [1.54, 1.807) is 36.3 Å². The van der Waals surface area contributed by atoms with E-state index in [4.69, 9.17) is 21.1 Å². The minimum absolute atomic E-state index is 0.109. The fourth-order valence-corrected chi connectivity index (χ4v) is 3.67. The number of carbonyl (C=O) groups excluding carboxylic acids is 1. The van der Waals surface area contributed by atoms with Crippen molar-refractivity contribution in [3.05, 3.63) is 75.0 Å². The van der Waals surface area contributed by atoms with Gasteiger partial charge in [0.2, 0.25) is 5.43 Å². The number of fused-ring (bicyclic) bond motifs is 1. The van der Waals surface area contributed by atoms with Gasteiger partial charge >= 0.3 is 0 Å². The zero-order valence-electron chi connectivity index (χ0n) is 15.3. The normalized spacial score (nSPS) is 16.9. The van der Waals surface area contributed by atoms with E-state index in [2.05, 4.69) is 4.98 Å². The van der Waals surface area contributed by atoms with Crippen molar-refractivity contribution in [2.24, 2.45) is 0 Å². The Bertz CT molecular complexity index is 1100. The molecule has 6 nitrogen and oxygen atoms in total. The first-order valence-corrected chi connectivity index (χ1v) is 9.31. The molecule has 0 radical (unpaired) electrons. The van der Waals surface area contributed by atoms with Crippen molar-refractivity contribution in [1.82, 2.24) is 9.88 Å². The summed E-state index contributed by atoms with van der Waals surface area (Å²) in [4.78, 5) is 30.6. The fourth-order valence-electron chi connectivity index (χ4n) is 3.42. The zero-order valence-corrected chi connectivity index (χ0v) is 16.0. The minimum atomic E-state index is -0.324. The van der Waals surface area contributed by atoms with Crippen LogP contribution in [0.15, 0.2) is 53.5 Å². The van der Waals surface area contributed by atoms with Crippen LogP contribution >= 0.6 is 11.6 Å². The SMILES string of the molecule is COc1ccc2c(=O)c(C(=O)N3CCOC(c4ccccc4Cl)C3)c[nH]c2c1. The van der Waals surface area contributed by atoms with Crippen LogP contribution in [0, 0.1) is 0 Å². The Labute approximate surface area is 166 Å². The third-order valence-electron chi connectivity index (χ3n) is 4.92. The van der Waals surface area contributed by atoms with Gasteiger partial charge in [-0.1, -0.05) is 29.8 Å². The molecule has 0 aliphatic carbocycles. The van der Waals surface area contributed by atoms with E-state index in [1.807, 2.05) is 18.2 Å². The molecule has 2 aromatic carbocycles. The number of hydrogen-bond donors (Lipinski definition) is 1. The minimum Gasteiger partial charge on any atom is -0.497 e. The number of ether oxygens (including phenoxy) is 2. The maximum Gasteiger partial charge on any atom is 0.259 e. The first-order chi connectivity index (χ1) is 13.6. The highest BCUT2D eigenvalue weighted by Crippen LogP contribution is 2.28. The number of methoxy groups -OCH3 is 1. The number of nitrogens with one attached hydrogen (secondary N) is 1. The Morgan fingerprint density at radius 3 is 2.89 bits per heavy atom. The van der Waals surface area contributed by atoms with Crippen LogP contribution in [0.1, 0.15) is 22.0 Å². The number of benzene rings is 2. The number of H-pyrrole nitrogens is 1. The average molecular weight is 399 g/mol. The number of pyridine rings is 1. The Morgan fingerprint density at radius 1 is 1.29 bits per heavy atom. The van der Waals surface area contributed by atoms with Crippen LogP contribution in [0.2, 0.25) is 5.02 Å². The molecule has 1 aliphatic rings. The maximum absolute atomic E-state index is 13.0. The summed E-state index contributed by atoms with van der Waals surface area (Å²) in [6, 6.07) is 12.5. The van der Waals surface area contributed by atoms with Crippen molar-refractivity contribution in [2.45, 2.75) is 6.10 Å². The summed E-state index contributed by atoms with van der Waals surface area (Å²) < 4.78 is 11.0. The van der Waals surface area contributed by atoms with Gasteiger partial charge in [0, 0.05) is 34.8 Å². The third-order valence-corrected chi connectivity index (χ3v) is 5.27.